The van der Waals surface area contributed by atoms with Crippen LogP contribution >= 0.6 is 0 Å². The molecule has 0 aliphatic carbocycles. The first kappa shape index (κ1) is 8.94. The molecule has 0 aliphatic rings. The fourth-order valence-electron chi connectivity index (χ4n) is 0.934. The summed E-state index contributed by atoms with van der Waals surface area (Å²) in [4.78, 5) is 0. The van der Waals surface area contributed by atoms with Crippen LogP contribution in [0, 0.1) is 6.92 Å². The molecule has 1 rings (SSSR count). The van der Waals surface area contributed by atoms with E-state index in [1.165, 1.54) is 0 Å². The van der Waals surface area contributed by atoms with E-state index in [2.05, 4.69) is 0 Å². The molecular formula is C8H10BO3. The first-order valence-electron chi connectivity index (χ1n) is 3.55. The van der Waals surface area contributed by atoms with E-state index in [1.54, 1.807) is 19.2 Å². The predicted octanol–water partition coefficient (Wildman–Crippen LogP) is 0.909. The average molecular weight is 165 g/mol. The van der Waals surface area contributed by atoms with Gasteiger partial charge in [0, 0.05) is 6.07 Å². The predicted molar refractivity (Wildman–Crippen MR) is 46.3 cm³/mol. The lowest BCUT2D eigenvalue weighted by molar-refractivity contribution is 0.406. The lowest BCUT2D eigenvalue weighted by Gasteiger charge is -2.06. The maximum absolute atomic E-state index is 8.36. The van der Waals surface area contributed by atoms with Gasteiger partial charge in [0.2, 0.25) is 0 Å². The Hall–Kier alpha value is -1.16. The molecule has 0 bridgehead atoms. The third-order valence-corrected chi connectivity index (χ3v) is 1.57. The minimum absolute atomic E-state index is 0.556. The number of hydrogen-bond donors (Lipinski definition) is 1. The fourth-order valence-corrected chi connectivity index (χ4v) is 0.934. The van der Waals surface area contributed by atoms with Gasteiger partial charge in [0.15, 0.2) is 0 Å². The Balaban J connectivity index is 2.89. The number of ether oxygens (including phenoxy) is 1. The lowest BCUT2D eigenvalue weighted by atomic mass is 10.2. The number of methoxy groups -OCH3 is 1. The minimum Gasteiger partial charge on any atom is -0.537 e. The van der Waals surface area contributed by atoms with E-state index in [9.17, 15) is 0 Å². The standard InChI is InChI=1S/C8H10BO3/c1-6-3-4-7(12-9-10)5-8(6)11-2/h3-5,10H,1-2H3. The summed E-state index contributed by atoms with van der Waals surface area (Å²) in [6.45, 7) is 1.94. The van der Waals surface area contributed by atoms with Crippen molar-refractivity contribution in [3.63, 3.8) is 0 Å². The zero-order valence-electron chi connectivity index (χ0n) is 7.07. The van der Waals surface area contributed by atoms with Crippen molar-refractivity contribution in [2.75, 3.05) is 7.11 Å². The molecule has 0 unspecified atom stereocenters. The zero-order chi connectivity index (χ0) is 8.97. The van der Waals surface area contributed by atoms with Crippen molar-refractivity contribution in [3.8, 4) is 11.5 Å². The second-order valence-corrected chi connectivity index (χ2v) is 2.35. The summed E-state index contributed by atoms with van der Waals surface area (Å²) in [5, 5.41) is 8.36. The van der Waals surface area contributed by atoms with Crippen LogP contribution in [-0.2, 0) is 0 Å². The van der Waals surface area contributed by atoms with Gasteiger partial charge in [-0.3, -0.25) is 0 Å². The highest BCUT2D eigenvalue weighted by Crippen LogP contribution is 2.23. The molecule has 1 aromatic carbocycles. The van der Waals surface area contributed by atoms with E-state index in [0.717, 1.165) is 11.3 Å². The molecule has 0 amide bonds. The van der Waals surface area contributed by atoms with E-state index < -0.39 is 0 Å². The molecular weight excluding hydrogens is 155 g/mol. The smallest absolute Gasteiger partial charge is 0.537 e. The van der Waals surface area contributed by atoms with Crippen LogP contribution in [0.3, 0.4) is 0 Å². The number of hydrogen-bond acceptors (Lipinski definition) is 3. The van der Waals surface area contributed by atoms with Crippen molar-refractivity contribution in [2.24, 2.45) is 0 Å². The molecule has 1 N–H and O–H groups in total. The Morgan fingerprint density at radius 1 is 1.42 bits per heavy atom. The maximum Gasteiger partial charge on any atom is 0.569 e. The van der Waals surface area contributed by atoms with E-state index in [4.69, 9.17) is 14.4 Å². The van der Waals surface area contributed by atoms with E-state index >= 15 is 0 Å². The van der Waals surface area contributed by atoms with Crippen molar-refractivity contribution in [1.29, 1.82) is 0 Å². The highest BCUT2D eigenvalue weighted by atomic mass is 16.5. The van der Waals surface area contributed by atoms with Gasteiger partial charge in [-0.05, 0) is 18.6 Å². The number of rotatable bonds is 3. The van der Waals surface area contributed by atoms with E-state index in [-0.39, 0.29) is 0 Å². The van der Waals surface area contributed by atoms with Gasteiger partial charge in [0.25, 0.3) is 0 Å². The molecule has 4 heteroatoms. The van der Waals surface area contributed by atoms with Crippen LogP contribution in [0.1, 0.15) is 5.56 Å². The monoisotopic (exact) mass is 165 g/mol. The summed E-state index contributed by atoms with van der Waals surface area (Å²) in [5.41, 5.74) is 1.03. The van der Waals surface area contributed by atoms with Gasteiger partial charge in [-0.1, -0.05) is 6.07 Å². The summed E-state index contributed by atoms with van der Waals surface area (Å²) in [6.07, 6.45) is 0. The van der Waals surface area contributed by atoms with Gasteiger partial charge in [0.05, 0.1) is 7.11 Å². The van der Waals surface area contributed by atoms with Crippen LogP contribution in [-0.4, -0.2) is 19.8 Å². The van der Waals surface area contributed by atoms with E-state index in [0.29, 0.717) is 13.4 Å². The topological polar surface area (TPSA) is 38.7 Å². The van der Waals surface area contributed by atoms with Gasteiger partial charge in [-0.15, -0.1) is 0 Å². The Morgan fingerprint density at radius 2 is 2.17 bits per heavy atom. The van der Waals surface area contributed by atoms with Crippen molar-refractivity contribution in [2.45, 2.75) is 6.92 Å². The molecule has 0 heterocycles. The van der Waals surface area contributed by atoms with Gasteiger partial charge in [-0.2, -0.15) is 0 Å². The molecule has 0 aromatic heterocycles. The second-order valence-electron chi connectivity index (χ2n) is 2.35. The normalized spacial score (nSPS) is 9.25. The van der Waals surface area contributed by atoms with Gasteiger partial charge in [-0.25, -0.2) is 0 Å². The molecule has 0 spiro atoms. The van der Waals surface area contributed by atoms with Crippen LogP contribution in [0.4, 0.5) is 0 Å². The molecule has 1 radical (unpaired) electrons. The Labute approximate surface area is 72.2 Å². The van der Waals surface area contributed by atoms with Gasteiger partial charge >= 0.3 is 7.69 Å². The molecule has 63 valence electrons. The van der Waals surface area contributed by atoms with Crippen LogP contribution in [0.15, 0.2) is 18.2 Å². The van der Waals surface area contributed by atoms with Crippen molar-refractivity contribution in [3.05, 3.63) is 23.8 Å². The number of aryl methyl sites for hydroxylation is 1. The molecule has 12 heavy (non-hydrogen) atoms. The van der Waals surface area contributed by atoms with Gasteiger partial charge < -0.3 is 14.4 Å². The highest BCUT2D eigenvalue weighted by molar-refractivity contribution is 6.17. The lowest BCUT2D eigenvalue weighted by Crippen LogP contribution is -2.00. The quantitative estimate of drug-likeness (QED) is 0.676. The average Bonchev–Trinajstić information content (AvgIpc) is 2.09. The molecule has 0 aliphatic heterocycles. The summed E-state index contributed by atoms with van der Waals surface area (Å²) >= 11 is 0. The summed E-state index contributed by atoms with van der Waals surface area (Å²) in [7, 11) is 2.24. The molecule has 0 saturated carbocycles. The summed E-state index contributed by atoms with van der Waals surface area (Å²) in [6, 6.07) is 5.32. The fraction of sp³-hybridized carbons (Fsp3) is 0.250. The highest BCUT2D eigenvalue weighted by Gasteiger charge is 2.00. The maximum atomic E-state index is 8.36. The zero-order valence-corrected chi connectivity index (χ0v) is 7.07. The van der Waals surface area contributed by atoms with Crippen molar-refractivity contribution in [1.82, 2.24) is 0 Å². The minimum atomic E-state index is 0.556. The molecule has 0 fully saturated rings. The Kier molecular flexibility index (Phi) is 2.99. The Morgan fingerprint density at radius 3 is 2.75 bits per heavy atom. The van der Waals surface area contributed by atoms with Crippen LogP contribution in [0.2, 0.25) is 0 Å². The molecule has 3 nitrogen and oxygen atoms in total. The van der Waals surface area contributed by atoms with Gasteiger partial charge in [0.1, 0.15) is 11.5 Å². The van der Waals surface area contributed by atoms with E-state index in [1.807, 2.05) is 13.0 Å². The molecule has 1 aromatic rings. The third kappa shape index (κ3) is 1.92. The first-order chi connectivity index (χ1) is 5.77. The van der Waals surface area contributed by atoms with Crippen LogP contribution in [0.25, 0.3) is 0 Å². The van der Waals surface area contributed by atoms with Crippen molar-refractivity contribution >= 4 is 7.69 Å². The first-order valence-corrected chi connectivity index (χ1v) is 3.55. The SMILES string of the molecule is COc1cc(O[B]O)ccc1C. The molecule has 0 saturated heterocycles. The van der Waals surface area contributed by atoms with Crippen molar-refractivity contribution < 1.29 is 14.4 Å². The third-order valence-electron chi connectivity index (χ3n) is 1.57. The van der Waals surface area contributed by atoms with Crippen LogP contribution in [0.5, 0.6) is 11.5 Å². The molecule has 0 atom stereocenters. The Bertz CT molecular complexity index is 262. The van der Waals surface area contributed by atoms with Crippen LogP contribution < -0.4 is 9.39 Å². The summed E-state index contributed by atoms with van der Waals surface area (Å²) in [5.74, 6) is 1.30. The largest absolute Gasteiger partial charge is 0.569 e. The summed E-state index contributed by atoms with van der Waals surface area (Å²) < 4.78 is 9.81. The second kappa shape index (κ2) is 4.02. The number of benzene rings is 1.